The number of esters is 1. The Morgan fingerprint density at radius 1 is 1.32 bits per heavy atom. The number of amides is 2. The van der Waals surface area contributed by atoms with Crippen LogP contribution in [0.15, 0.2) is 0 Å². The molecule has 0 spiro atoms. The average Bonchev–Trinajstić information content (AvgIpc) is 2.92. The van der Waals surface area contributed by atoms with Gasteiger partial charge in [-0.3, -0.25) is 4.79 Å². The molecule has 0 aromatic rings. The van der Waals surface area contributed by atoms with E-state index in [0.29, 0.717) is 39.1 Å². The van der Waals surface area contributed by atoms with Gasteiger partial charge in [0.25, 0.3) is 0 Å². The summed E-state index contributed by atoms with van der Waals surface area (Å²) < 4.78 is 10.2. The second-order valence-electron chi connectivity index (χ2n) is 5.02. The summed E-state index contributed by atoms with van der Waals surface area (Å²) >= 11 is 0. The highest BCUT2D eigenvalue weighted by atomic mass is 16.5. The zero-order valence-electron chi connectivity index (χ0n) is 11.4. The van der Waals surface area contributed by atoms with Crippen LogP contribution in [0.25, 0.3) is 0 Å². The van der Waals surface area contributed by atoms with Gasteiger partial charge in [0.05, 0.1) is 25.2 Å². The number of nitrogens with one attached hydrogen (secondary N) is 1. The molecule has 0 bridgehead atoms. The number of rotatable bonds is 3. The van der Waals surface area contributed by atoms with Crippen LogP contribution >= 0.6 is 0 Å². The Kier molecular flexibility index (Phi) is 5.01. The second kappa shape index (κ2) is 6.75. The number of nitrogens with zero attached hydrogens (tertiary/aromatic N) is 1. The van der Waals surface area contributed by atoms with Gasteiger partial charge in [-0.15, -0.1) is 0 Å². The number of hydrogen-bond acceptors (Lipinski definition) is 4. The third-order valence-corrected chi connectivity index (χ3v) is 3.66. The third kappa shape index (κ3) is 3.83. The van der Waals surface area contributed by atoms with E-state index < -0.39 is 0 Å². The van der Waals surface area contributed by atoms with Gasteiger partial charge in [-0.2, -0.15) is 0 Å². The zero-order valence-corrected chi connectivity index (χ0v) is 11.4. The first-order chi connectivity index (χ1) is 9.20. The molecule has 2 aliphatic heterocycles. The summed E-state index contributed by atoms with van der Waals surface area (Å²) in [6.07, 6.45) is 2.26. The Morgan fingerprint density at radius 3 is 2.63 bits per heavy atom. The molecule has 0 saturated carbocycles. The molecule has 0 radical (unpaired) electrons. The van der Waals surface area contributed by atoms with E-state index in [-0.39, 0.29) is 24.0 Å². The predicted octanol–water partition coefficient (Wildman–Crippen LogP) is 0.760. The lowest BCUT2D eigenvalue weighted by atomic mass is 9.97. The molecule has 6 heteroatoms. The van der Waals surface area contributed by atoms with Crippen molar-refractivity contribution in [2.24, 2.45) is 5.92 Å². The van der Waals surface area contributed by atoms with E-state index in [4.69, 9.17) is 9.47 Å². The normalized spacial score (nSPS) is 24.3. The van der Waals surface area contributed by atoms with Crippen molar-refractivity contribution in [2.75, 3.05) is 32.9 Å². The molecule has 1 N–H and O–H groups in total. The van der Waals surface area contributed by atoms with Gasteiger partial charge in [0.2, 0.25) is 0 Å². The summed E-state index contributed by atoms with van der Waals surface area (Å²) in [5.74, 6) is -0.189. The maximum absolute atomic E-state index is 12.0. The minimum Gasteiger partial charge on any atom is -0.466 e. The molecule has 2 saturated heterocycles. The molecular weight excluding hydrogens is 248 g/mol. The van der Waals surface area contributed by atoms with Gasteiger partial charge in [0.15, 0.2) is 0 Å². The van der Waals surface area contributed by atoms with Crippen molar-refractivity contribution < 1.29 is 19.1 Å². The van der Waals surface area contributed by atoms with E-state index in [1.807, 2.05) is 6.92 Å². The third-order valence-electron chi connectivity index (χ3n) is 3.66. The maximum Gasteiger partial charge on any atom is 0.317 e. The first-order valence-corrected chi connectivity index (χ1v) is 7.00. The monoisotopic (exact) mass is 270 g/mol. The summed E-state index contributed by atoms with van der Waals surface area (Å²) in [5.41, 5.74) is 0. The van der Waals surface area contributed by atoms with Gasteiger partial charge in [-0.05, 0) is 26.2 Å². The van der Waals surface area contributed by atoms with E-state index in [2.05, 4.69) is 5.32 Å². The number of hydrogen-bond donors (Lipinski definition) is 1. The fraction of sp³-hybridized carbons (Fsp3) is 0.846. The van der Waals surface area contributed by atoms with E-state index in [0.717, 1.165) is 13.0 Å². The van der Waals surface area contributed by atoms with Crippen LogP contribution in [0, 0.1) is 5.92 Å². The summed E-state index contributed by atoms with van der Waals surface area (Å²) in [7, 11) is 0. The van der Waals surface area contributed by atoms with Crippen LogP contribution in [-0.4, -0.2) is 55.9 Å². The van der Waals surface area contributed by atoms with Crippen LogP contribution in [0.5, 0.6) is 0 Å². The second-order valence-corrected chi connectivity index (χ2v) is 5.02. The lowest BCUT2D eigenvalue weighted by Gasteiger charge is -2.31. The molecule has 0 aromatic carbocycles. The topological polar surface area (TPSA) is 67.9 Å². The maximum atomic E-state index is 12.0. The average molecular weight is 270 g/mol. The quantitative estimate of drug-likeness (QED) is 0.769. The summed E-state index contributed by atoms with van der Waals surface area (Å²) in [5, 5.41) is 2.96. The molecule has 1 unspecified atom stereocenters. The molecule has 2 aliphatic rings. The van der Waals surface area contributed by atoms with Gasteiger partial charge in [0, 0.05) is 19.7 Å². The number of urea groups is 1. The van der Waals surface area contributed by atoms with Crippen LogP contribution in [-0.2, 0) is 14.3 Å². The fourth-order valence-corrected chi connectivity index (χ4v) is 2.49. The van der Waals surface area contributed by atoms with E-state index in [1.165, 1.54) is 0 Å². The first kappa shape index (κ1) is 14.1. The van der Waals surface area contributed by atoms with Crippen molar-refractivity contribution in [3.05, 3.63) is 0 Å². The van der Waals surface area contributed by atoms with E-state index in [9.17, 15) is 9.59 Å². The van der Waals surface area contributed by atoms with Crippen molar-refractivity contribution in [1.82, 2.24) is 10.2 Å². The minimum atomic E-state index is -0.133. The lowest BCUT2D eigenvalue weighted by Crippen LogP contribution is -2.48. The smallest absolute Gasteiger partial charge is 0.317 e. The van der Waals surface area contributed by atoms with Gasteiger partial charge in [-0.1, -0.05) is 0 Å². The van der Waals surface area contributed by atoms with Crippen LogP contribution in [0.3, 0.4) is 0 Å². The number of likely N-dealkylation sites (tertiary alicyclic amines) is 1. The summed E-state index contributed by atoms with van der Waals surface area (Å²) in [6, 6.07) is 0.0908. The Balaban J connectivity index is 1.72. The van der Waals surface area contributed by atoms with E-state index in [1.54, 1.807) is 4.90 Å². The Labute approximate surface area is 113 Å². The molecule has 2 amide bonds. The molecule has 0 aliphatic carbocycles. The summed E-state index contributed by atoms with van der Waals surface area (Å²) in [6.45, 7) is 4.78. The van der Waals surface area contributed by atoms with Crippen molar-refractivity contribution in [3.63, 3.8) is 0 Å². The summed E-state index contributed by atoms with van der Waals surface area (Å²) in [4.78, 5) is 25.4. The molecule has 108 valence electrons. The minimum absolute atomic E-state index is 0.0437. The highest BCUT2D eigenvalue weighted by Crippen LogP contribution is 2.19. The SMILES string of the molecule is CCOC(=O)C1CCN(C(=O)NC2CCOC2)CC1. The first-order valence-electron chi connectivity index (χ1n) is 7.00. The van der Waals surface area contributed by atoms with Gasteiger partial charge in [0.1, 0.15) is 0 Å². The molecule has 2 heterocycles. The molecule has 0 aromatic heterocycles. The standard InChI is InChI=1S/C13H22N2O4/c1-2-19-12(16)10-3-6-15(7-4-10)13(17)14-11-5-8-18-9-11/h10-11H,2-9H2,1H3,(H,14,17). The van der Waals surface area contributed by atoms with Crippen LogP contribution < -0.4 is 5.32 Å². The largest absolute Gasteiger partial charge is 0.466 e. The molecular formula is C13H22N2O4. The highest BCUT2D eigenvalue weighted by molar-refractivity contribution is 5.76. The Morgan fingerprint density at radius 2 is 2.05 bits per heavy atom. The van der Waals surface area contributed by atoms with Crippen molar-refractivity contribution in [3.8, 4) is 0 Å². The molecule has 1 atom stereocenters. The van der Waals surface area contributed by atoms with Crippen LogP contribution in [0.2, 0.25) is 0 Å². The number of carbonyl (C=O) groups excluding carboxylic acids is 2. The number of ether oxygens (including phenoxy) is 2. The van der Waals surface area contributed by atoms with Crippen LogP contribution in [0.1, 0.15) is 26.2 Å². The van der Waals surface area contributed by atoms with Crippen molar-refractivity contribution >= 4 is 12.0 Å². The Hall–Kier alpha value is -1.30. The molecule has 2 rings (SSSR count). The Bertz CT molecular complexity index is 321. The fourth-order valence-electron chi connectivity index (χ4n) is 2.49. The number of carbonyl (C=O) groups is 2. The van der Waals surface area contributed by atoms with Gasteiger partial charge in [-0.25, -0.2) is 4.79 Å². The molecule has 2 fully saturated rings. The molecule has 6 nitrogen and oxygen atoms in total. The van der Waals surface area contributed by atoms with Crippen molar-refractivity contribution in [1.29, 1.82) is 0 Å². The van der Waals surface area contributed by atoms with Crippen LogP contribution in [0.4, 0.5) is 4.79 Å². The van der Waals surface area contributed by atoms with Gasteiger partial charge >= 0.3 is 12.0 Å². The lowest BCUT2D eigenvalue weighted by molar-refractivity contribution is -0.149. The highest BCUT2D eigenvalue weighted by Gasteiger charge is 2.29. The van der Waals surface area contributed by atoms with Gasteiger partial charge < -0.3 is 19.7 Å². The predicted molar refractivity (Wildman–Crippen MR) is 68.7 cm³/mol. The van der Waals surface area contributed by atoms with E-state index >= 15 is 0 Å². The zero-order chi connectivity index (χ0) is 13.7. The molecule has 19 heavy (non-hydrogen) atoms. The van der Waals surface area contributed by atoms with Crippen molar-refractivity contribution in [2.45, 2.75) is 32.2 Å². The number of piperidine rings is 1.